The van der Waals surface area contributed by atoms with Crippen molar-refractivity contribution in [3.05, 3.63) is 134 Å². The zero-order valence-electron chi connectivity index (χ0n) is 49.2. The topological polar surface area (TPSA) is 78.9 Å². The first kappa shape index (κ1) is 71.5. The molecule has 0 rings (SSSR count). The minimum atomic E-state index is -0.802. The Morgan fingerprint density at radius 2 is 0.513 bits per heavy atom. The minimum absolute atomic E-state index is 0.0969. The summed E-state index contributed by atoms with van der Waals surface area (Å²) < 4.78 is 16.8. The monoisotopic (exact) mass is 1050 g/mol. The van der Waals surface area contributed by atoms with Gasteiger partial charge in [0.1, 0.15) is 13.2 Å². The van der Waals surface area contributed by atoms with Crippen LogP contribution in [0.1, 0.15) is 271 Å². The Bertz CT molecular complexity index is 1630. The molecule has 0 spiro atoms. The van der Waals surface area contributed by atoms with Crippen molar-refractivity contribution in [1.82, 2.24) is 0 Å². The van der Waals surface area contributed by atoms with Crippen LogP contribution in [0.5, 0.6) is 0 Å². The van der Waals surface area contributed by atoms with Gasteiger partial charge in [0.05, 0.1) is 0 Å². The first-order valence-electron chi connectivity index (χ1n) is 31.2. The average Bonchev–Trinajstić information content (AvgIpc) is 3.42. The third-order valence-electron chi connectivity index (χ3n) is 12.9. The van der Waals surface area contributed by atoms with E-state index in [1.54, 1.807) is 0 Å². The maximum Gasteiger partial charge on any atom is 0.306 e. The number of unbranched alkanes of at least 4 members (excludes halogenated alkanes) is 22. The first-order valence-corrected chi connectivity index (χ1v) is 31.2. The molecule has 0 aliphatic carbocycles. The van der Waals surface area contributed by atoms with Gasteiger partial charge in [0.25, 0.3) is 0 Å². The van der Waals surface area contributed by atoms with Crippen molar-refractivity contribution in [2.45, 2.75) is 277 Å². The van der Waals surface area contributed by atoms with Gasteiger partial charge < -0.3 is 14.2 Å². The number of ether oxygens (including phenoxy) is 3. The van der Waals surface area contributed by atoms with Gasteiger partial charge in [0.2, 0.25) is 0 Å². The zero-order chi connectivity index (χ0) is 55.0. The van der Waals surface area contributed by atoms with Crippen molar-refractivity contribution in [1.29, 1.82) is 0 Å². The number of esters is 3. The van der Waals surface area contributed by atoms with Gasteiger partial charge in [-0.05, 0) is 128 Å². The average molecular weight is 1050 g/mol. The molecular weight excluding hydrogens is 937 g/mol. The summed E-state index contributed by atoms with van der Waals surface area (Å²) in [7, 11) is 0. The second-order valence-corrected chi connectivity index (χ2v) is 20.2. The Morgan fingerprint density at radius 3 is 0.816 bits per heavy atom. The molecule has 6 heteroatoms. The number of carbonyl (C=O) groups is 3. The van der Waals surface area contributed by atoms with Crippen LogP contribution >= 0.6 is 0 Å². The van der Waals surface area contributed by atoms with Crippen LogP contribution in [0.4, 0.5) is 0 Å². The summed E-state index contributed by atoms with van der Waals surface area (Å²) in [6.07, 6.45) is 88.9. The van der Waals surface area contributed by atoms with Crippen molar-refractivity contribution in [3.8, 4) is 0 Å². The van der Waals surface area contributed by atoms with E-state index in [0.717, 1.165) is 148 Å². The van der Waals surface area contributed by atoms with Gasteiger partial charge in [-0.25, -0.2) is 0 Å². The van der Waals surface area contributed by atoms with Gasteiger partial charge in [-0.3, -0.25) is 14.4 Å². The van der Waals surface area contributed by atoms with E-state index in [4.69, 9.17) is 14.2 Å². The van der Waals surface area contributed by atoms with E-state index in [1.165, 1.54) is 83.5 Å². The third kappa shape index (κ3) is 60.4. The second-order valence-electron chi connectivity index (χ2n) is 20.2. The lowest BCUT2D eigenvalue weighted by molar-refractivity contribution is -0.167. The summed E-state index contributed by atoms with van der Waals surface area (Å²) in [6.45, 7) is 6.33. The van der Waals surface area contributed by atoms with E-state index in [2.05, 4.69) is 154 Å². The Hall–Kier alpha value is -4.45. The fraction of sp³-hybridized carbons (Fsp3) is 0.643. The molecule has 0 aliphatic heterocycles. The number of rotatable bonds is 55. The van der Waals surface area contributed by atoms with Crippen molar-refractivity contribution >= 4 is 17.9 Å². The van der Waals surface area contributed by atoms with E-state index in [9.17, 15) is 14.4 Å². The van der Waals surface area contributed by atoms with E-state index in [1.807, 2.05) is 0 Å². The second kappa shape index (κ2) is 63.1. The first-order chi connectivity index (χ1) is 37.5. The van der Waals surface area contributed by atoms with Crippen LogP contribution in [0, 0.1) is 0 Å². The highest BCUT2D eigenvalue weighted by atomic mass is 16.6. The molecule has 6 nitrogen and oxygen atoms in total. The van der Waals surface area contributed by atoms with E-state index >= 15 is 0 Å². The molecule has 430 valence electrons. The lowest BCUT2D eigenvalue weighted by Gasteiger charge is -2.18. The predicted octanol–water partition coefficient (Wildman–Crippen LogP) is 21.4. The molecule has 0 fully saturated rings. The van der Waals surface area contributed by atoms with Crippen molar-refractivity contribution in [3.63, 3.8) is 0 Å². The molecule has 76 heavy (non-hydrogen) atoms. The van der Waals surface area contributed by atoms with Crippen molar-refractivity contribution in [2.24, 2.45) is 0 Å². The summed E-state index contributed by atoms with van der Waals surface area (Å²) in [5.74, 6) is -0.944. The molecule has 0 saturated carbocycles. The Balaban J connectivity index is 4.26. The number of allylic oxidation sites excluding steroid dienone is 22. The minimum Gasteiger partial charge on any atom is -0.462 e. The molecule has 0 aliphatic rings. The third-order valence-corrected chi connectivity index (χ3v) is 12.9. The molecule has 0 saturated heterocycles. The SMILES string of the molecule is CC/C=C\C/C=C\C/C=C\C/C=C\C/C=C\C/C=C\CCCCCCCCCCCCCCC(=O)OCC(COC(=O)CCCCC/C=C\C/C=C\C/C=C\CC)OC(=O)CCCCCCC/C=C\C/C=C\CCCC. The highest BCUT2D eigenvalue weighted by Gasteiger charge is 2.19. The van der Waals surface area contributed by atoms with Crippen LogP contribution in [-0.2, 0) is 28.6 Å². The van der Waals surface area contributed by atoms with Crippen LogP contribution in [0.15, 0.2) is 134 Å². The van der Waals surface area contributed by atoms with Gasteiger partial charge in [-0.2, -0.15) is 0 Å². The van der Waals surface area contributed by atoms with Crippen LogP contribution in [0.3, 0.4) is 0 Å². The predicted molar refractivity (Wildman–Crippen MR) is 329 cm³/mol. The molecule has 0 amide bonds. The lowest BCUT2D eigenvalue weighted by Crippen LogP contribution is -2.30. The van der Waals surface area contributed by atoms with Crippen LogP contribution in [0.25, 0.3) is 0 Å². The Kier molecular flexibility index (Phi) is 59.4. The molecule has 1 unspecified atom stereocenters. The normalized spacial score (nSPS) is 13.0. The number of hydrogen-bond acceptors (Lipinski definition) is 6. The largest absolute Gasteiger partial charge is 0.462 e. The highest BCUT2D eigenvalue weighted by Crippen LogP contribution is 2.15. The Morgan fingerprint density at radius 1 is 0.276 bits per heavy atom. The molecule has 1 atom stereocenters. The summed E-state index contributed by atoms with van der Waals surface area (Å²) in [4.78, 5) is 38.2. The molecule has 0 N–H and O–H groups in total. The summed E-state index contributed by atoms with van der Waals surface area (Å²) in [6, 6.07) is 0. The summed E-state index contributed by atoms with van der Waals surface area (Å²) in [5.41, 5.74) is 0. The van der Waals surface area contributed by atoms with E-state index in [-0.39, 0.29) is 31.1 Å². The van der Waals surface area contributed by atoms with Crippen LogP contribution < -0.4 is 0 Å². The summed E-state index contributed by atoms with van der Waals surface area (Å²) in [5, 5.41) is 0. The van der Waals surface area contributed by atoms with Crippen LogP contribution in [-0.4, -0.2) is 37.2 Å². The molecule has 0 aromatic heterocycles. The lowest BCUT2D eigenvalue weighted by atomic mass is 10.0. The highest BCUT2D eigenvalue weighted by molar-refractivity contribution is 5.71. The van der Waals surface area contributed by atoms with Gasteiger partial charge in [-0.15, -0.1) is 0 Å². The van der Waals surface area contributed by atoms with Gasteiger partial charge >= 0.3 is 17.9 Å². The molecule has 0 radical (unpaired) electrons. The van der Waals surface area contributed by atoms with E-state index in [0.29, 0.717) is 19.3 Å². The van der Waals surface area contributed by atoms with Gasteiger partial charge in [0.15, 0.2) is 6.10 Å². The fourth-order valence-electron chi connectivity index (χ4n) is 8.24. The van der Waals surface area contributed by atoms with Crippen LogP contribution in [0.2, 0.25) is 0 Å². The Labute approximate surface area is 468 Å². The molecular formula is C70H114O6. The zero-order valence-corrected chi connectivity index (χ0v) is 49.2. The smallest absolute Gasteiger partial charge is 0.306 e. The van der Waals surface area contributed by atoms with Crippen molar-refractivity contribution in [2.75, 3.05) is 13.2 Å². The van der Waals surface area contributed by atoms with Gasteiger partial charge in [-0.1, -0.05) is 257 Å². The maximum atomic E-state index is 12.9. The molecule has 0 aromatic rings. The standard InChI is InChI=1S/C70H114O6/c1-4-7-10-13-16-19-22-25-27-28-29-30-31-32-33-34-35-36-37-38-39-40-41-42-43-46-48-51-54-57-60-63-69(72)75-66-67(65-74-68(71)62-59-56-53-50-47-44-24-21-18-15-12-9-6-3)76-70(73)64-61-58-55-52-49-45-26-23-20-17-14-11-8-5-2/h7,9-10,12,14,16-19,21,23,25-27,29-30,32-33,35-36,44,47,67H,4-6,8,11,13,15,20,22,24,28,31,34,37-43,45-46,48-66H2,1-3H3/b10-7-,12-9-,17-14-,19-16-,21-18-,26-23-,27-25-,30-29-,33-32-,36-35-,47-44-. The number of carbonyl (C=O) groups excluding carboxylic acids is 3. The summed E-state index contributed by atoms with van der Waals surface area (Å²) >= 11 is 0. The molecule has 0 aromatic carbocycles. The van der Waals surface area contributed by atoms with Gasteiger partial charge in [0, 0.05) is 19.3 Å². The fourth-order valence-corrected chi connectivity index (χ4v) is 8.24. The van der Waals surface area contributed by atoms with Crippen molar-refractivity contribution < 1.29 is 28.6 Å². The molecule has 0 heterocycles. The maximum absolute atomic E-state index is 12.9. The van der Waals surface area contributed by atoms with E-state index < -0.39 is 6.10 Å². The number of hydrogen-bond donors (Lipinski definition) is 0. The molecule has 0 bridgehead atoms. The quantitative estimate of drug-likeness (QED) is 0.0261.